The van der Waals surface area contributed by atoms with Gasteiger partial charge in [-0.2, -0.15) is 0 Å². The summed E-state index contributed by atoms with van der Waals surface area (Å²) in [4.78, 5) is 15.7. The Bertz CT molecular complexity index is 374. The molecule has 0 aromatic carbocycles. The van der Waals surface area contributed by atoms with E-state index in [0.717, 1.165) is 18.8 Å². The van der Waals surface area contributed by atoms with Crippen LogP contribution in [0.2, 0.25) is 0 Å². The largest absolute Gasteiger partial charge is 0.391 e. The van der Waals surface area contributed by atoms with Gasteiger partial charge in [-0.3, -0.25) is 4.79 Å². The van der Waals surface area contributed by atoms with Crippen LogP contribution in [0, 0.1) is 12.8 Å². The number of imidazole rings is 1. The second kappa shape index (κ2) is 7.16. The van der Waals surface area contributed by atoms with Crippen LogP contribution in [0.15, 0.2) is 12.4 Å². The molecule has 0 fully saturated rings. The molecule has 5 nitrogen and oxygen atoms in total. The van der Waals surface area contributed by atoms with Gasteiger partial charge in [0.15, 0.2) is 0 Å². The Hall–Kier alpha value is -1.36. The fourth-order valence-corrected chi connectivity index (χ4v) is 1.59. The molecule has 18 heavy (non-hydrogen) atoms. The third-order valence-electron chi connectivity index (χ3n) is 3.00. The molecule has 1 aromatic rings. The molecule has 1 atom stereocenters. The number of aliphatic hydroxyl groups excluding tert-OH is 1. The number of amides is 1. The summed E-state index contributed by atoms with van der Waals surface area (Å²) in [5, 5.41) is 12.3. The fourth-order valence-electron chi connectivity index (χ4n) is 1.59. The van der Waals surface area contributed by atoms with Crippen molar-refractivity contribution in [3.63, 3.8) is 0 Å². The first-order valence-corrected chi connectivity index (χ1v) is 6.43. The molecule has 5 heteroatoms. The van der Waals surface area contributed by atoms with Gasteiger partial charge >= 0.3 is 0 Å². The molecule has 1 aromatic heterocycles. The number of nitrogens with zero attached hydrogens (tertiary/aromatic N) is 2. The Kier molecular flexibility index (Phi) is 5.85. The number of aliphatic hydroxyl groups is 1. The van der Waals surface area contributed by atoms with Crippen molar-refractivity contribution in [2.24, 2.45) is 5.92 Å². The summed E-state index contributed by atoms with van der Waals surface area (Å²) in [7, 11) is 0. The first-order chi connectivity index (χ1) is 8.50. The molecule has 1 heterocycles. The maximum Gasteiger partial charge on any atom is 0.220 e. The Morgan fingerprint density at radius 3 is 2.83 bits per heavy atom. The zero-order valence-electron chi connectivity index (χ0n) is 11.4. The molecule has 0 spiro atoms. The van der Waals surface area contributed by atoms with Crippen molar-refractivity contribution in [2.45, 2.75) is 46.3 Å². The van der Waals surface area contributed by atoms with Crippen molar-refractivity contribution in [1.29, 1.82) is 0 Å². The number of rotatable bonds is 7. The third-order valence-corrected chi connectivity index (χ3v) is 3.00. The van der Waals surface area contributed by atoms with Gasteiger partial charge in [0.2, 0.25) is 5.91 Å². The van der Waals surface area contributed by atoms with Crippen LogP contribution in [-0.4, -0.2) is 33.2 Å². The summed E-state index contributed by atoms with van der Waals surface area (Å²) in [6.45, 7) is 6.93. The van der Waals surface area contributed by atoms with Crippen molar-refractivity contribution in [1.82, 2.24) is 14.9 Å². The monoisotopic (exact) mass is 253 g/mol. The average Bonchev–Trinajstić information content (AvgIpc) is 2.72. The summed E-state index contributed by atoms with van der Waals surface area (Å²) in [6.07, 6.45) is 4.46. The first kappa shape index (κ1) is 14.7. The van der Waals surface area contributed by atoms with Crippen LogP contribution < -0.4 is 5.32 Å². The van der Waals surface area contributed by atoms with Crippen LogP contribution in [0.25, 0.3) is 0 Å². The normalized spacial score (nSPS) is 12.7. The van der Waals surface area contributed by atoms with Crippen molar-refractivity contribution in [3.05, 3.63) is 18.2 Å². The van der Waals surface area contributed by atoms with Gasteiger partial charge in [0.25, 0.3) is 0 Å². The molecule has 0 aliphatic carbocycles. The van der Waals surface area contributed by atoms with Crippen LogP contribution in [0.3, 0.4) is 0 Å². The summed E-state index contributed by atoms with van der Waals surface area (Å²) in [6, 6.07) is 0. The Balaban J connectivity index is 2.16. The molecular weight excluding hydrogens is 230 g/mol. The molecule has 0 saturated heterocycles. The lowest BCUT2D eigenvalue weighted by Gasteiger charge is -2.15. The Labute approximate surface area is 108 Å². The number of aryl methyl sites for hydroxylation is 2. The molecule has 0 radical (unpaired) electrons. The van der Waals surface area contributed by atoms with E-state index in [2.05, 4.69) is 10.3 Å². The molecule has 1 amide bonds. The number of carbonyl (C=O) groups is 1. The van der Waals surface area contributed by atoms with E-state index < -0.39 is 6.10 Å². The van der Waals surface area contributed by atoms with E-state index in [1.54, 1.807) is 6.20 Å². The lowest BCUT2D eigenvalue weighted by Crippen LogP contribution is -2.34. The fraction of sp³-hybridized carbons (Fsp3) is 0.692. The van der Waals surface area contributed by atoms with Crippen molar-refractivity contribution >= 4 is 5.91 Å². The first-order valence-electron chi connectivity index (χ1n) is 6.43. The number of hydrogen-bond donors (Lipinski definition) is 2. The van der Waals surface area contributed by atoms with E-state index >= 15 is 0 Å². The second-order valence-electron chi connectivity index (χ2n) is 4.89. The highest BCUT2D eigenvalue weighted by Gasteiger charge is 2.10. The van der Waals surface area contributed by atoms with Crippen molar-refractivity contribution in [2.75, 3.05) is 6.54 Å². The summed E-state index contributed by atoms with van der Waals surface area (Å²) < 4.78 is 2.02. The standard InChI is InChI=1S/C13H23N3O2/c1-10(2)12(17)9-15-13(18)5-4-7-16-8-6-14-11(16)3/h6,8,10,12,17H,4-5,7,9H2,1-3H3,(H,15,18). The zero-order chi connectivity index (χ0) is 13.5. The van der Waals surface area contributed by atoms with Gasteiger partial charge in [-0.1, -0.05) is 13.8 Å². The average molecular weight is 253 g/mol. The molecule has 1 rings (SSSR count). The van der Waals surface area contributed by atoms with Crippen LogP contribution in [0.4, 0.5) is 0 Å². The summed E-state index contributed by atoms with van der Waals surface area (Å²) >= 11 is 0. The molecule has 102 valence electrons. The van der Waals surface area contributed by atoms with E-state index in [-0.39, 0.29) is 11.8 Å². The van der Waals surface area contributed by atoms with Crippen molar-refractivity contribution in [3.8, 4) is 0 Å². The minimum absolute atomic E-state index is 0.00697. The predicted molar refractivity (Wildman–Crippen MR) is 70.1 cm³/mol. The highest BCUT2D eigenvalue weighted by atomic mass is 16.3. The lowest BCUT2D eigenvalue weighted by atomic mass is 10.1. The van der Waals surface area contributed by atoms with E-state index in [4.69, 9.17) is 0 Å². The van der Waals surface area contributed by atoms with E-state index in [1.165, 1.54) is 0 Å². The highest BCUT2D eigenvalue weighted by molar-refractivity contribution is 5.75. The minimum atomic E-state index is -0.468. The molecule has 1 unspecified atom stereocenters. The highest BCUT2D eigenvalue weighted by Crippen LogP contribution is 2.01. The van der Waals surface area contributed by atoms with E-state index in [9.17, 15) is 9.90 Å². The Morgan fingerprint density at radius 1 is 1.56 bits per heavy atom. The maximum atomic E-state index is 11.5. The van der Waals surface area contributed by atoms with Gasteiger partial charge in [0, 0.05) is 31.9 Å². The smallest absolute Gasteiger partial charge is 0.220 e. The number of carbonyl (C=O) groups excluding carboxylic acids is 1. The maximum absolute atomic E-state index is 11.5. The molecular formula is C13H23N3O2. The second-order valence-corrected chi connectivity index (χ2v) is 4.89. The lowest BCUT2D eigenvalue weighted by molar-refractivity contribution is -0.121. The van der Waals surface area contributed by atoms with Gasteiger partial charge < -0.3 is 15.0 Å². The van der Waals surface area contributed by atoms with Crippen LogP contribution in [-0.2, 0) is 11.3 Å². The quantitative estimate of drug-likeness (QED) is 0.765. The van der Waals surface area contributed by atoms with Gasteiger partial charge in [0.05, 0.1) is 6.10 Å². The SMILES string of the molecule is Cc1nccn1CCCC(=O)NCC(O)C(C)C. The third kappa shape index (κ3) is 4.87. The predicted octanol–water partition coefficient (Wildman–Crippen LogP) is 1.10. The number of nitrogens with one attached hydrogen (secondary N) is 1. The van der Waals surface area contributed by atoms with Crippen LogP contribution in [0.1, 0.15) is 32.5 Å². The van der Waals surface area contributed by atoms with Gasteiger partial charge in [-0.15, -0.1) is 0 Å². The van der Waals surface area contributed by atoms with Gasteiger partial charge in [-0.25, -0.2) is 4.98 Å². The Morgan fingerprint density at radius 2 is 2.28 bits per heavy atom. The molecule has 0 bridgehead atoms. The van der Waals surface area contributed by atoms with Crippen molar-refractivity contribution < 1.29 is 9.90 Å². The minimum Gasteiger partial charge on any atom is -0.391 e. The summed E-state index contributed by atoms with van der Waals surface area (Å²) in [5.41, 5.74) is 0. The molecule has 0 aliphatic heterocycles. The zero-order valence-corrected chi connectivity index (χ0v) is 11.4. The van der Waals surface area contributed by atoms with Gasteiger partial charge in [0.1, 0.15) is 5.82 Å². The van der Waals surface area contributed by atoms with E-state index in [1.807, 2.05) is 31.5 Å². The molecule has 0 aliphatic rings. The van der Waals surface area contributed by atoms with Crippen LogP contribution >= 0.6 is 0 Å². The van der Waals surface area contributed by atoms with E-state index in [0.29, 0.717) is 13.0 Å². The topological polar surface area (TPSA) is 67.2 Å². The number of hydrogen-bond acceptors (Lipinski definition) is 3. The number of aromatic nitrogens is 2. The molecule has 2 N–H and O–H groups in total. The molecule has 0 saturated carbocycles. The van der Waals surface area contributed by atoms with Gasteiger partial charge in [-0.05, 0) is 19.3 Å². The summed E-state index contributed by atoms with van der Waals surface area (Å²) in [5.74, 6) is 1.12. The van der Waals surface area contributed by atoms with Crippen LogP contribution in [0.5, 0.6) is 0 Å².